The lowest BCUT2D eigenvalue weighted by molar-refractivity contribution is 0.0318. The highest BCUT2D eigenvalue weighted by Crippen LogP contribution is 2.24. The minimum absolute atomic E-state index is 0.180. The second kappa shape index (κ2) is 5.19. The number of nitrogens with zero attached hydrogens (tertiary/aromatic N) is 1. The van der Waals surface area contributed by atoms with Gasteiger partial charge in [0.25, 0.3) is 0 Å². The van der Waals surface area contributed by atoms with Crippen molar-refractivity contribution >= 4 is 12.6 Å². The van der Waals surface area contributed by atoms with E-state index in [0.29, 0.717) is 11.4 Å². The largest absolute Gasteiger partial charge is 0.481 e. The molecule has 0 aliphatic carbocycles. The summed E-state index contributed by atoms with van der Waals surface area (Å²) in [6, 6.07) is 3.33. The molecule has 0 bridgehead atoms. The molecule has 1 rings (SSSR count). The van der Waals surface area contributed by atoms with Crippen LogP contribution in [0.5, 0.6) is 5.88 Å². The molecule has 0 saturated heterocycles. The molecule has 0 fully saturated rings. The van der Waals surface area contributed by atoms with Gasteiger partial charge in [0.2, 0.25) is 5.88 Å². The van der Waals surface area contributed by atoms with Gasteiger partial charge in [0, 0.05) is 17.5 Å². The molecule has 1 aromatic rings. The number of aromatic nitrogens is 1. The number of aliphatic hydroxyl groups is 2. The van der Waals surface area contributed by atoms with Crippen LogP contribution in [-0.4, -0.2) is 34.2 Å². The molecule has 0 spiro atoms. The standard InChI is InChI=1S/C9H13NO3S/c1-13-9-6(3-2-4-10-9)8(12)7(11)5-14/h2-4,7-8,11-12,14H,5H2,1H3. The summed E-state index contributed by atoms with van der Waals surface area (Å²) in [6.07, 6.45) is -0.380. The van der Waals surface area contributed by atoms with Crippen LogP contribution in [0.15, 0.2) is 18.3 Å². The molecule has 0 saturated carbocycles. The highest BCUT2D eigenvalue weighted by atomic mass is 32.1. The zero-order valence-electron chi connectivity index (χ0n) is 7.79. The van der Waals surface area contributed by atoms with Crippen LogP contribution in [0.2, 0.25) is 0 Å². The van der Waals surface area contributed by atoms with Crippen LogP contribution < -0.4 is 4.74 Å². The van der Waals surface area contributed by atoms with Crippen molar-refractivity contribution in [3.63, 3.8) is 0 Å². The molecular formula is C9H13NO3S. The van der Waals surface area contributed by atoms with Crippen LogP contribution >= 0.6 is 12.6 Å². The zero-order chi connectivity index (χ0) is 10.6. The van der Waals surface area contributed by atoms with Gasteiger partial charge in [0.1, 0.15) is 6.10 Å². The minimum Gasteiger partial charge on any atom is -0.481 e. The minimum atomic E-state index is -1.02. The molecule has 78 valence electrons. The van der Waals surface area contributed by atoms with E-state index >= 15 is 0 Å². The Morgan fingerprint density at radius 3 is 2.86 bits per heavy atom. The van der Waals surface area contributed by atoms with E-state index in [1.54, 1.807) is 18.3 Å². The number of methoxy groups -OCH3 is 1. The van der Waals surface area contributed by atoms with Crippen molar-refractivity contribution in [2.24, 2.45) is 0 Å². The SMILES string of the molecule is COc1ncccc1C(O)C(O)CS. The van der Waals surface area contributed by atoms with Gasteiger partial charge in [-0.2, -0.15) is 12.6 Å². The second-order valence-corrected chi connectivity index (χ2v) is 3.16. The van der Waals surface area contributed by atoms with Crippen LogP contribution in [0.4, 0.5) is 0 Å². The number of rotatable bonds is 4. The van der Waals surface area contributed by atoms with Crippen molar-refractivity contribution in [1.29, 1.82) is 0 Å². The maximum absolute atomic E-state index is 9.68. The lowest BCUT2D eigenvalue weighted by Gasteiger charge is -2.17. The van der Waals surface area contributed by atoms with Crippen LogP contribution in [0.3, 0.4) is 0 Å². The first-order valence-electron chi connectivity index (χ1n) is 4.16. The summed E-state index contributed by atoms with van der Waals surface area (Å²) >= 11 is 3.90. The monoisotopic (exact) mass is 215 g/mol. The van der Waals surface area contributed by atoms with Crippen LogP contribution in [-0.2, 0) is 0 Å². The van der Waals surface area contributed by atoms with Crippen LogP contribution in [0.25, 0.3) is 0 Å². The van der Waals surface area contributed by atoms with Gasteiger partial charge >= 0.3 is 0 Å². The van der Waals surface area contributed by atoms with E-state index in [-0.39, 0.29) is 5.75 Å². The molecule has 0 amide bonds. The Balaban J connectivity index is 2.93. The summed E-state index contributed by atoms with van der Waals surface area (Å²) in [4.78, 5) is 3.92. The Kier molecular flexibility index (Phi) is 4.19. The van der Waals surface area contributed by atoms with Gasteiger partial charge in [-0.3, -0.25) is 0 Å². The normalized spacial score (nSPS) is 14.9. The maximum atomic E-state index is 9.68. The number of hydrogen-bond acceptors (Lipinski definition) is 5. The Morgan fingerprint density at radius 1 is 1.57 bits per heavy atom. The highest BCUT2D eigenvalue weighted by Gasteiger charge is 2.20. The Morgan fingerprint density at radius 2 is 2.29 bits per heavy atom. The molecule has 1 heterocycles. The Bertz CT molecular complexity index is 295. The predicted molar refractivity (Wildman–Crippen MR) is 55.6 cm³/mol. The number of thiol groups is 1. The van der Waals surface area contributed by atoms with Crippen molar-refractivity contribution in [3.8, 4) is 5.88 Å². The molecule has 5 heteroatoms. The van der Waals surface area contributed by atoms with Gasteiger partial charge in [-0.15, -0.1) is 0 Å². The summed E-state index contributed by atoms with van der Waals surface area (Å²) < 4.78 is 4.95. The summed E-state index contributed by atoms with van der Waals surface area (Å²) in [5, 5.41) is 19.1. The quantitative estimate of drug-likeness (QED) is 0.637. The molecular weight excluding hydrogens is 202 g/mol. The fourth-order valence-electron chi connectivity index (χ4n) is 1.11. The van der Waals surface area contributed by atoms with E-state index in [4.69, 9.17) is 4.74 Å². The molecule has 14 heavy (non-hydrogen) atoms. The summed E-state index contributed by atoms with van der Waals surface area (Å²) in [5.74, 6) is 0.500. The number of pyridine rings is 1. The Labute approximate surface area is 88.0 Å². The van der Waals surface area contributed by atoms with Gasteiger partial charge in [0.15, 0.2) is 0 Å². The van der Waals surface area contributed by atoms with Crippen molar-refractivity contribution in [2.45, 2.75) is 12.2 Å². The third-order valence-corrected chi connectivity index (χ3v) is 2.24. The van der Waals surface area contributed by atoms with Crippen molar-refractivity contribution in [3.05, 3.63) is 23.9 Å². The summed E-state index contributed by atoms with van der Waals surface area (Å²) in [7, 11) is 1.46. The molecule has 0 aliphatic heterocycles. The fraction of sp³-hybridized carbons (Fsp3) is 0.444. The van der Waals surface area contributed by atoms with E-state index < -0.39 is 12.2 Å². The molecule has 1 aromatic heterocycles. The Hall–Kier alpha value is -0.780. The predicted octanol–water partition coefficient (Wildman–Crippen LogP) is 0.414. The van der Waals surface area contributed by atoms with Crippen molar-refractivity contribution in [1.82, 2.24) is 4.98 Å². The first-order valence-corrected chi connectivity index (χ1v) is 4.79. The first kappa shape index (κ1) is 11.3. The smallest absolute Gasteiger partial charge is 0.218 e. The fourth-order valence-corrected chi connectivity index (χ4v) is 1.31. The topological polar surface area (TPSA) is 62.6 Å². The van der Waals surface area contributed by atoms with Crippen molar-refractivity contribution < 1.29 is 14.9 Å². The van der Waals surface area contributed by atoms with Crippen LogP contribution in [0.1, 0.15) is 11.7 Å². The molecule has 2 atom stereocenters. The van der Waals surface area contributed by atoms with Crippen LogP contribution in [0, 0.1) is 0 Å². The molecule has 2 N–H and O–H groups in total. The van der Waals surface area contributed by atoms with Gasteiger partial charge < -0.3 is 14.9 Å². The molecule has 4 nitrogen and oxygen atoms in total. The highest BCUT2D eigenvalue weighted by molar-refractivity contribution is 7.80. The molecule has 0 aromatic carbocycles. The van der Waals surface area contributed by atoms with E-state index in [2.05, 4.69) is 17.6 Å². The molecule has 2 unspecified atom stereocenters. The molecule has 0 radical (unpaired) electrons. The van der Waals surface area contributed by atoms with Gasteiger partial charge in [-0.05, 0) is 12.1 Å². The average molecular weight is 215 g/mol. The average Bonchev–Trinajstić information content (AvgIpc) is 2.26. The number of hydrogen-bond donors (Lipinski definition) is 3. The summed E-state index contributed by atoms with van der Waals surface area (Å²) in [5.41, 5.74) is 0.469. The second-order valence-electron chi connectivity index (χ2n) is 2.80. The lowest BCUT2D eigenvalue weighted by atomic mass is 10.1. The van der Waals surface area contributed by atoms with E-state index in [9.17, 15) is 10.2 Å². The lowest BCUT2D eigenvalue weighted by Crippen LogP contribution is -2.20. The van der Waals surface area contributed by atoms with E-state index in [1.165, 1.54) is 7.11 Å². The number of ether oxygens (including phenoxy) is 1. The molecule has 0 aliphatic rings. The van der Waals surface area contributed by atoms with Gasteiger partial charge in [0.05, 0.1) is 13.2 Å². The zero-order valence-corrected chi connectivity index (χ0v) is 8.69. The van der Waals surface area contributed by atoms with Gasteiger partial charge in [-0.1, -0.05) is 0 Å². The van der Waals surface area contributed by atoms with E-state index in [1.807, 2.05) is 0 Å². The maximum Gasteiger partial charge on any atom is 0.218 e. The van der Waals surface area contributed by atoms with Gasteiger partial charge in [-0.25, -0.2) is 4.98 Å². The summed E-state index contributed by atoms with van der Waals surface area (Å²) in [6.45, 7) is 0. The first-order chi connectivity index (χ1) is 6.70. The number of aliphatic hydroxyl groups excluding tert-OH is 2. The van der Waals surface area contributed by atoms with E-state index in [0.717, 1.165) is 0 Å². The third-order valence-electron chi connectivity index (χ3n) is 1.86. The van der Waals surface area contributed by atoms with Crippen molar-refractivity contribution in [2.75, 3.05) is 12.9 Å². The third kappa shape index (κ3) is 2.37.